The molecule has 0 saturated carbocycles. The Bertz CT molecular complexity index is 841. The quantitative estimate of drug-likeness (QED) is 0.672. The van der Waals surface area contributed by atoms with Crippen molar-refractivity contribution in [2.45, 2.75) is 18.7 Å². The predicted octanol–water partition coefficient (Wildman–Crippen LogP) is 3.91. The van der Waals surface area contributed by atoms with Gasteiger partial charge in [0.1, 0.15) is 0 Å². The second-order valence-electron chi connectivity index (χ2n) is 5.83. The number of hydrogen-bond acceptors (Lipinski definition) is 4. The van der Waals surface area contributed by atoms with Gasteiger partial charge in [0.25, 0.3) is 5.72 Å². The number of ether oxygens (including phenoxy) is 1. The van der Waals surface area contributed by atoms with E-state index in [4.69, 9.17) is 4.74 Å². The summed E-state index contributed by atoms with van der Waals surface area (Å²) in [5, 5.41) is 11.2. The summed E-state index contributed by atoms with van der Waals surface area (Å²) in [6.07, 6.45) is 0. The molecule has 2 amide bonds. The van der Waals surface area contributed by atoms with Crippen molar-refractivity contribution in [1.82, 2.24) is 0 Å². The van der Waals surface area contributed by atoms with Gasteiger partial charge in [-0.25, -0.2) is 9.59 Å². The molecule has 1 heterocycles. The third-order valence-corrected chi connectivity index (χ3v) is 5.44. The van der Waals surface area contributed by atoms with Gasteiger partial charge in [-0.05, 0) is 55.5 Å². The number of halogens is 2. The highest BCUT2D eigenvalue weighted by Gasteiger charge is 2.61. The van der Waals surface area contributed by atoms with Gasteiger partial charge in [0, 0.05) is 20.3 Å². The molecule has 0 spiro atoms. The first-order chi connectivity index (χ1) is 12.3. The molecule has 0 radical (unpaired) electrons. The lowest BCUT2D eigenvalue weighted by molar-refractivity contribution is -0.161. The smallest absolute Gasteiger partial charge is 0.362 e. The largest absolute Gasteiger partial charge is 0.465 e. The van der Waals surface area contributed by atoms with Gasteiger partial charge in [-0.3, -0.25) is 9.80 Å². The van der Waals surface area contributed by atoms with Crippen molar-refractivity contribution in [1.29, 1.82) is 0 Å². The lowest BCUT2D eigenvalue weighted by atomic mass is 10.0. The monoisotopic (exact) mass is 482 g/mol. The number of benzene rings is 2. The number of amides is 2. The summed E-state index contributed by atoms with van der Waals surface area (Å²) >= 11 is 6.69. The van der Waals surface area contributed by atoms with Crippen LogP contribution in [-0.2, 0) is 9.53 Å². The maximum Gasteiger partial charge on any atom is 0.362 e. The van der Waals surface area contributed by atoms with Crippen molar-refractivity contribution in [3.05, 3.63) is 57.5 Å². The zero-order valence-electron chi connectivity index (χ0n) is 14.0. The van der Waals surface area contributed by atoms with Crippen LogP contribution in [0.25, 0.3) is 0 Å². The molecule has 0 aliphatic carbocycles. The summed E-state index contributed by atoms with van der Waals surface area (Å²) in [7, 11) is 1.18. The number of urea groups is 1. The average Bonchev–Trinajstić information content (AvgIpc) is 2.83. The van der Waals surface area contributed by atoms with Crippen LogP contribution in [0.5, 0.6) is 0 Å². The summed E-state index contributed by atoms with van der Waals surface area (Å²) in [6, 6.07) is 12.4. The van der Waals surface area contributed by atoms with Crippen LogP contribution in [-0.4, -0.2) is 36.0 Å². The summed E-state index contributed by atoms with van der Waals surface area (Å²) < 4.78 is 6.48. The van der Waals surface area contributed by atoms with Crippen LogP contribution in [0, 0.1) is 0 Å². The molecule has 6 nitrogen and oxygen atoms in total. The molecule has 1 N–H and O–H groups in total. The second-order valence-corrected chi connectivity index (χ2v) is 7.67. The number of carbonyl (C=O) groups excluding carboxylic acids is 2. The molecule has 1 unspecified atom stereocenters. The van der Waals surface area contributed by atoms with Crippen LogP contribution >= 0.6 is 31.9 Å². The zero-order valence-corrected chi connectivity index (χ0v) is 17.2. The SMILES string of the molecule is COC(=O)C1(O)[C@H](C)N(c2ccc(Br)cc2)C(=O)N1c1ccc(Br)cc1. The molecule has 1 aliphatic rings. The number of rotatable bonds is 3. The van der Waals surface area contributed by atoms with E-state index in [2.05, 4.69) is 31.9 Å². The first-order valence-corrected chi connectivity index (χ1v) is 9.34. The number of aliphatic hydroxyl groups is 1. The van der Waals surface area contributed by atoms with Crippen LogP contribution < -0.4 is 9.80 Å². The van der Waals surface area contributed by atoms with E-state index in [-0.39, 0.29) is 0 Å². The van der Waals surface area contributed by atoms with E-state index in [1.807, 2.05) is 0 Å². The fourth-order valence-corrected chi connectivity index (χ4v) is 3.56. The molecule has 26 heavy (non-hydrogen) atoms. The first-order valence-electron chi connectivity index (χ1n) is 7.76. The normalized spacial score (nSPS) is 22.7. The van der Waals surface area contributed by atoms with E-state index in [1.165, 1.54) is 12.0 Å². The summed E-state index contributed by atoms with van der Waals surface area (Å²) in [4.78, 5) is 28.1. The molecule has 2 aromatic rings. The highest BCUT2D eigenvalue weighted by Crippen LogP contribution is 2.39. The molecule has 1 aliphatic heterocycles. The van der Waals surface area contributed by atoms with Crippen molar-refractivity contribution in [3.8, 4) is 0 Å². The molecule has 2 aromatic carbocycles. The predicted molar refractivity (Wildman–Crippen MR) is 105 cm³/mol. The zero-order chi connectivity index (χ0) is 19.1. The number of nitrogens with zero attached hydrogens (tertiary/aromatic N) is 2. The van der Waals surface area contributed by atoms with Crippen molar-refractivity contribution in [2.75, 3.05) is 16.9 Å². The van der Waals surface area contributed by atoms with Gasteiger partial charge in [-0.15, -0.1) is 0 Å². The number of carbonyl (C=O) groups is 2. The molecule has 3 rings (SSSR count). The number of methoxy groups -OCH3 is 1. The first kappa shape index (κ1) is 18.9. The van der Waals surface area contributed by atoms with Gasteiger partial charge >= 0.3 is 12.0 Å². The summed E-state index contributed by atoms with van der Waals surface area (Å²) in [5.74, 6) is -0.902. The number of anilines is 2. The Kier molecular flexibility index (Phi) is 5.09. The van der Waals surface area contributed by atoms with Gasteiger partial charge in [0.2, 0.25) is 0 Å². The minimum Gasteiger partial charge on any atom is -0.465 e. The molecular weight excluding hydrogens is 468 g/mol. The fraction of sp³-hybridized carbons (Fsp3) is 0.222. The molecule has 1 saturated heterocycles. The lowest BCUT2D eigenvalue weighted by Crippen LogP contribution is -2.58. The van der Waals surface area contributed by atoms with Crippen LogP contribution in [0.4, 0.5) is 16.2 Å². The third-order valence-electron chi connectivity index (χ3n) is 4.38. The van der Waals surface area contributed by atoms with Gasteiger partial charge in [0.15, 0.2) is 0 Å². The minimum absolute atomic E-state index is 0.387. The van der Waals surface area contributed by atoms with E-state index in [9.17, 15) is 14.7 Å². The summed E-state index contributed by atoms with van der Waals surface area (Å²) in [5.41, 5.74) is -1.21. The highest BCUT2D eigenvalue weighted by molar-refractivity contribution is 9.10. The van der Waals surface area contributed by atoms with Crippen molar-refractivity contribution >= 4 is 55.2 Å². The van der Waals surface area contributed by atoms with Crippen LogP contribution in [0.2, 0.25) is 0 Å². The lowest BCUT2D eigenvalue weighted by Gasteiger charge is -2.32. The minimum atomic E-state index is -2.16. The van der Waals surface area contributed by atoms with E-state index in [0.29, 0.717) is 11.4 Å². The van der Waals surface area contributed by atoms with E-state index in [0.717, 1.165) is 13.8 Å². The molecule has 2 atom stereocenters. The molecule has 0 aromatic heterocycles. The Balaban J connectivity index is 2.14. The Morgan fingerprint density at radius 3 is 1.96 bits per heavy atom. The topological polar surface area (TPSA) is 70.1 Å². The molecule has 0 bridgehead atoms. The highest BCUT2D eigenvalue weighted by atomic mass is 79.9. The number of esters is 1. The molecular formula is C18H16Br2N2O4. The standard InChI is InChI=1S/C18H16Br2N2O4/c1-11-18(25,16(23)26-2)22(15-9-5-13(20)6-10-15)17(24)21(11)14-7-3-12(19)4-8-14/h3-11,25H,1-2H3/t11-,18?/m0/s1. The Labute approximate surface area is 167 Å². The Morgan fingerprint density at radius 2 is 1.50 bits per heavy atom. The fourth-order valence-electron chi connectivity index (χ4n) is 3.03. The molecule has 1 fully saturated rings. The van der Waals surface area contributed by atoms with Gasteiger partial charge < -0.3 is 9.84 Å². The average molecular weight is 484 g/mol. The Hall–Kier alpha value is -1.90. The van der Waals surface area contributed by atoms with Crippen molar-refractivity contribution in [3.63, 3.8) is 0 Å². The second kappa shape index (κ2) is 7.02. The van der Waals surface area contributed by atoms with Gasteiger partial charge in [-0.1, -0.05) is 31.9 Å². The van der Waals surface area contributed by atoms with Crippen LogP contribution in [0.3, 0.4) is 0 Å². The van der Waals surface area contributed by atoms with Crippen molar-refractivity contribution in [2.24, 2.45) is 0 Å². The van der Waals surface area contributed by atoms with E-state index >= 15 is 0 Å². The maximum atomic E-state index is 13.2. The van der Waals surface area contributed by atoms with E-state index in [1.54, 1.807) is 55.5 Å². The maximum absolute atomic E-state index is 13.2. The van der Waals surface area contributed by atoms with E-state index < -0.39 is 23.8 Å². The van der Waals surface area contributed by atoms with Crippen molar-refractivity contribution < 1.29 is 19.4 Å². The molecule has 136 valence electrons. The van der Waals surface area contributed by atoms with Crippen LogP contribution in [0.15, 0.2) is 57.5 Å². The van der Waals surface area contributed by atoms with Gasteiger partial charge in [-0.2, -0.15) is 0 Å². The molecule has 8 heteroatoms. The summed E-state index contributed by atoms with van der Waals surface area (Å²) in [6.45, 7) is 1.61. The number of hydrogen-bond donors (Lipinski definition) is 1. The van der Waals surface area contributed by atoms with Gasteiger partial charge in [0.05, 0.1) is 13.2 Å². The Morgan fingerprint density at radius 1 is 1.04 bits per heavy atom. The third kappa shape index (κ3) is 2.91. The van der Waals surface area contributed by atoms with Crippen LogP contribution in [0.1, 0.15) is 6.92 Å².